The summed E-state index contributed by atoms with van der Waals surface area (Å²) in [7, 11) is 0. The van der Waals surface area contributed by atoms with Crippen LogP contribution in [0.2, 0.25) is 0 Å². The molecule has 232 valence electrons. The molecule has 12 heteroatoms. The van der Waals surface area contributed by atoms with Gasteiger partial charge in [-0.2, -0.15) is 5.10 Å². The number of carboxylic acids is 1. The van der Waals surface area contributed by atoms with Gasteiger partial charge >= 0.3 is 5.97 Å². The quantitative estimate of drug-likeness (QED) is 0.267. The molecule has 2 aliphatic heterocycles. The van der Waals surface area contributed by atoms with Crippen LogP contribution in [-0.4, -0.2) is 65.2 Å². The van der Waals surface area contributed by atoms with Gasteiger partial charge in [-0.3, -0.25) is 0 Å². The molecule has 0 saturated carbocycles. The Morgan fingerprint density at radius 2 is 1.73 bits per heavy atom. The van der Waals surface area contributed by atoms with Crippen molar-refractivity contribution in [2.75, 3.05) is 49.2 Å². The van der Waals surface area contributed by atoms with Crippen molar-refractivity contribution in [2.24, 2.45) is 5.92 Å². The number of halogens is 3. The summed E-state index contributed by atoms with van der Waals surface area (Å²) in [6, 6.07) is 16.8. The van der Waals surface area contributed by atoms with Gasteiger partial charge in [0, 0.05) is 55.1 Å². The molecule has 0 unspecified atom stereocenters. The predicted molar refractivity (Wildman–Crippen MR) is 164 cm³/mol. The highest BCUT2D eigenvalue weighted by Crippen LogP contribution is 2.42. The predicted octanol–water partition coefficient (Wildman–Crippen LogP) is 5.32. The maximum absolute atomic E-state index is 14.9. The summed E-state index contributed by atoms with van der Waals surface area (Å²) >= 11 is 0. The molecule has 1 N–H and O–H groups in total. The van der Waals surface area contributed by atoms with Crippen LogP contribution in [0, 0.1) is 24.5 Å². The van der Waals surface area contributed by atoms with E-state index < -0.39 is 23.2 Å². The first kappa shape index (κ1) is 31.2. The van der Waals surface area contributed by atoms with Gasteiger partial charge in [-0.25, -0.2) is 23.2 Å². The lowest BCUT2D eigenvalue weighted by molar-refractivity contribution is -0.0206. The maximum atomic E-state index is 14.9. The highest BCUT2D eigenvalue weighted by molar-refractivity contribution is 5.88. The van der Waals surface area contributed by atoms with Crippen molar-refractivity contribution < 1.29 is 28.2 Å². The van der Waals surface area contributed by atoms with Crippen molar-refractivity contribution in [3.8, 4) is 5.75 Å². The molecule has 2 aliphatic rings. The lowest BCUT2D eigenvalue weighted by Gasteiger charge is -2.37. The summed E-state index contributed by atoms with van der Waals surface area (Å²) in [5.74, 6) is -1.44. The van der Waals surface area contributed by atoms with Crippen LogP contribution in [0.3, 0.4) is 0 Å². The maximum Gasteiger partial charge on any atom is 0.335 e. The van der Waals surface area contributed by atoms with Crippen LogP contribution in [-0.2, 0) is 16.9 Å². The molecular formula is C32H34ClF2N5O4. The molecule has 2 atom stereocenters. The van der Waals surface area contributed by atoms with E-state index in [-0.39, 0.29) is 30.4 Å². The number of aryl methyl sites for hydroxylation is 1. The van der Waals surface area contributed by atoms with E-state index in [9.17, 15) is 13.6 Å². The first-order valence-electron chi connectivity index (χ1n) is 14.3. The number of ether oxygens (including phenoxy) is 2. The Labute approximate surface area is 260 Å². The molecule has 3 heterocycles. The summed E-state index contributed by atoms with van der Waals surface area (Å²) in [5.41, 5.74) is 2.72. The van der Waals surface area contributed by atoms with Crippen molar-refractivity contribution >= 4 is 29.8 Å². The molecule has 6 rings (SSSR count). The minimum absolute atomic E-state index is 0. The number of carbonyl (C=O) groups is 1. The Hall–Kier alpha value is -4.22. The fourth-order valence-corrected chi connectivity index (χ4v) is 6.02. The van der Waals surface area contributed by atoms with E-state index in [1.165, 1.54) is 18.5 Å². The van der Waals surface area contributed by atoms with Gasteiger partial charge in [0.05, 0.1) is 25.3 Å². The SMILES string of the molecule is Cc1cc(N2CCN(c3ccc(C(=O)O)cc3)CC2)ccc1OC[C@@H]1CO[C@@](Cn2cncn2)(c2ccc(F)cc2F)C1.Cl. The molecule has 4 aromatic rings. The number of benzene rings is 3. The average Bonchev–Trinajstić information content (AvgIpc) is 3.67. The van der Waals surface area contributed by atoms with Crippen LogP contribution in [0.1, 0.15) is 27.9 Å². The minimum atomic E-state index is -1.02. The Bertz CT molecular complexity index is 1580. The Balaban J connectivity index is 0.00000384. The smallest absolute Gasteiger partial charge is 0.335 e. The van der Waals surface area contributed by atoms with E-state index in [1.54, 1.807) is 23.1 Å². The van der Waals surface area contributed by atoms with E-state index in [2.05, 4.69) is 32.0 Å². The van der Waals surface area contributed by atoms with E-state index >= 15 is 0 Å². The summed E-state index contributed by atoms with van der Waals surface area (Å²) in [6.45, 7) is 6.37. The zero-order chi connectivity index (χ0) is 30.0. The fraction of sp³-hybridized carbons (Fsp3) is 0.344. The molecule has 44 heavy (non-hydrogen) atoms. The monoisotopic (exact) mass is 625 g/mol. The van der Waals surface area contributed by atoms with Crippen LogP contribution < -0.4 is 14.5 Å². The van der Waals surface area contributed by atoms with Crippen molar-refractivity contribution in [2.45, 2.75) is 25.5 Å². The highest BCUT2D eigenvalue weighted by Gasteiger charge is 2.44. The molecule has 0 spiro atoms. The molecular weight excluding hydrogens is 592 g/mol. The molecule has 9 nitrogen and oxygen atoms in total. The molecule has 0 aliphatic carbocycles. The number of piperazine rings is 1. The fourth-order valence-electron chi connectivity index (χ4n) is 6.02. The molecule has 0 radical (unpaired) electrons. The van der Waals surface area contributed by atoms with Crippen molar-refractivity contribution in [3.05, 3.63) is 102 Å². The number of aromatic carboxylic acids is 1. The topological polar surface area (TPSA) is 93.0 Å². The van der Waals surface area contributed by atoms with Crippen LogP contribution in [0.4, 0.5) is 20.2 Å². The molecule has 2 fully saturated rings. The summed E-state index contributed by atoms with van der Waals surface area (Å²) in [4.78, 5) is 19.7. The summed E-state index contributed by atoms with van der Waals surface area (Å²) in [6.07, 6.45) is 3.45. The van der Waals surface area contributed by atoms with E-state index in [0.29, 0.717) is 25.2 Å². The van der Waals surface area contributed by atoms with Gasteiger partial charge in [-0.15, -0.1) is 12.4 Å². The third kappa shape index (κ3) is 6.63. The molecule has 2 saturated heterocycles. The van der Waals surface area contributed by atoms with Crippen molar-refractivity contribution in [3.63, 3.8) is 0 Å². The van der Waals surface area contributed by atoms with Gasteiger partial charge in [0.2, 0.25) is 0 Å². The zero-order valence-corrected chi connectivity index (χ0v) is 25.1. The van der Waals surface area contributed by atoms with Crippen molar-refractivity contribution in [1.29, 1.82) is 0 Å². The zero-order valence-electron chi connectivity index (χ0n) is 24.2. The van der Waals surface area contributed by atoms with Gasteiger partial charge in [0.1, 0.15) is 35.6 Å². The molecule has 1 aromatic heterocycles. The number of anilines is 2. The van der Waals surface area contributed by atoms with Crippen LogP contribution in [0.15, 0.2) is 73.3 Å². The second kappa shape index (κ2) is 13.2. The number of hydrogen-bond acceptors (Lipinski definition) is 7. The van der Waals surface area contributed by atoms with Crippen LogP contribution in [0.5, 0.6) is 5.75 Å². The largest absolute Gasteiger partial charge is 0.493 e. The Morgan fingerprint density at radius 3 is 2.36 bits per heavy atom. The normalized spacial score (nSPS) is 19.9. The number of nitrogens with zero attached hydrogens (tertiary/aromatic N) is 5. The number of aromatic nitrogens is 3. The second-order valence-corrected chi connectivity index (χ2v) is 11.2. The van der Waals surface area contributed by atoms with E-state index in [1.807, 2.05) is 25.1 Å². The first-order chi connectivity index (χ1) is 20.8. The summed E-state index contributed by atoms with van der Waals surface area (Å²) < 4.78 is 42.7. The first-order valence-corrected chi connectivity index (χ1v) is 14.3. The Kier molecular flexibility index (Phi) is 9.36. The van der Waals surface area contributed by atoms with Gasteiger partial charge in [0.25, 0.3) is 0 Å². The van der Waals surface area contributed by atoms with Crippen LogP contribution in [0.25, 0.3) is 0 Å². The highest BCUT2D eigenvalue weighted by atomic mass is 35.5. The second-order valence-electron chi connectivity index (χ2n) is 11.2. The van der Waals surface area contributed by atoms with Crippen molar-refractivity contribution in [1.82, 2.24) is 14.8 Å². The summed E-state index contributed by atoms with van der Waals surface area (Å²) in [5, 5.41) is 13.3. The van der Waals surface area contributed by atoms with Gasteiger partial charge in [-0.05, 0) is 67.4 Å². The minimum Gasteiger partial charge on any atom is -0.493 e. The molecule has 0 bridgehead atoms. The van der Waals surface area contributed by atoms with Gasteiger partial charge in [0.15, 0.2) is 0 Å². The third-order valence-electron chi connectivity index (χ3n) is 8.28. The lowest BCUT2D eigenvalue weighted by Crippen LogP contribution is -2.46. The Morgan fingerprint density at radius 1 is 1.02 bits per heavy atom. The van der Waals surface area contributed by atoms with Gasteiger partial charge < -0.3 is 24.4 Å². The molecule has 3 aromatic carbocycles. The standard InChI is InChI=1S/C32H33F2N5O4.ClH/c1-22-14-27(38-12-10-37(11-13-38)26-5-2-24(3-6-26)31(40)41)7-9-30(22)42-17-23-16-32(43-18-23,19-39-21-35-20-36-39)28-8-4-25(33)15-29(28)34;/h2-9,14-15,20-21,23H,10-13,16-19H2,1H3,(H,40,41);1H/t23-,32+;/m1./s1. The van der Waals surface area contributed by atoms with Gasteiger partial charge in [-0.1, -0.05) is 6.07 Å². The average molecular weight is 626 g/mol. The van der Waals surface area contributed by atoms with E-state index in [4.69, 9.17) is 14.6 Å². The number of carboxylic acid groups (broad SMARTS) is 1. The molecule has 0 amide bonds. The third-order valence-corrected chi connectivity index (χ3v) is 8.28. The van der Waals surface area contributed by atoms with Crippen LogP contribution >= 0.6 is 12.4 Å². The number of hydrogen-bond donors (Lipinski definition) is 1. The number of rotatable bonds is 9. The lowest BCUT2D eigenvalue weighted by atomic mass is 9.87. The van der Waals surface area contributed by atoms with E-state index in [0.717, 1.165) is 54.9 Å².